The predicted molar refractivity (Wildman–Crippen MR) is 81.3 cm³/mol. The summed E-state index contributed by atoms with van der Waals surface area (Å²) in [5, 5.41) is 2.95. The van der Waals surface area contributed by atoms with E-state index in [1.807, 2.05) is 0 Å². The summed E-state index contributed by atoms with van der Waals surface area (Å²) in [7, 11) is -0.534. The number of nitrogens with one attached hydrogen (secondary N) is 3. The van der Waals surface area contributed by atoms with Crippen molar-refractivity contribution >= 4 is 21.1 Å². The summed E-state index contributed by atoms with van der Waals surface area (Å²) in [5.74, 6) is 0. The number of nitrogens with zero attached hydrogens (tertiary/aromatic N) is 2. The molecule has 0 saturated heterocycles. The molecule has 0 aliphatic rings. The predicted octanol–water partition coefficient (Wildman–Crippen LogP) is -1.49. The van der Waals surface area contributed by atoms with Crippen molar-refractivity contribution in [2.75, 3.05) is 20.1 Å². The van der Waals surface area contributed by atoms with Gasteiger partial charge in [0.1, 0.15) is 10.5 Å². The van der Waals surface area contributed by atoms with Crippen LogP contribution in [0.25, 0.3) is 11.0 Å². The van der Waals surface area contributed by atoms with E-state index in [2.05, 4.69) is 20.0 Å². The molecule has 0 radical (unpaired) electrons. The van der Waals surface area contributed by atoms with E-state index in [-0.39, 0.29) is 22.5 Å². The molecule has 0 atom stereocenters. The molecule has 0 amide bonds. The molecule has 22 heavy (non-hydrogen) atoms. The molecule has 9 nitrogen and oxygen atoms in total. The number of H-pyrrole nitrogens is 1. The Kier molecular flexibility index (Phi) is 4.74. The van der Waals surface area contributed by atoms with E-state index in [0.29, 0.717) is 13.0 Å². The van der Waals surface area contributed by atoms with E-state index in [9.17, 15) is 18.0 Å². The van der Waals surface area contributed by atoms with Crippen LogP contribution in [0.3, 0.4) is 0 Å². The van der Waals surface area contributed by atoms with Crippen LogP contribution in [0.2, 0.25) is 0 Å². The smallest absolute Gasteiger partial charge is 0.320 e. The van der Waals surface area contributed by atoms with Gasteiger partial charge in [-0.25, -0.2) is 22.9 Å². The van der Waals surface area contributed by atoms with Crippen LogP contribution >= 0.6 is 0 Å². The summed E-state index contributed by atoms with van der Waals surface area (Å²) >= 11 is 0. The van der Waals surface area contributed by atoms with E-state index in [1.54, 1.807) is 7.05 Å². The molecule has 0 fully saturated rings. The summed E-state index contributed by atoms with van der Waals surface area (Å²) in [6.07, 6.45) is 1.76. The molecule has 0 aromatic carbocycles. The fraction of sp³-hybridized carbons (Fsp3) is 0.417. The highest BCUT2D eigenvalue weighted by Crippen LogP contribution is 2.12. The van der Waals surface area contributed by atoms with E-state index in [1.165, 1.54) is 13.1 Å². The van der Waals surface area contributed by atoms with Crippen LogP contribution in [0.15, 0.2) is 26.7 Å². The Morgan fingerprint density at radius 1 is 1.32 bits per heavy atom. The summed E-state index contributed by atoms with van der Waals surface area (Å²) in [5.41, 5.74) is -1.15. The van der Waals surface area contributed by atoms with E-state index < -0.39 is 21.3 Å². The Morgan fingerprint density at radius 2 is 2.05 bits per heavy atom. The number of aryl methyl sites for hydroxylation is 1. The van der Waals surface area contributed by atoms with Gasteiger partial charge < -0.3 is 5.32 Å². The minimum atomic E-state index is -3.75. The van der Waals surface area contributed by atoms with Crippen molar-refractivity contribution in [3.63, 3.8) is 0 Å². The topological polar surface area (TPSA) is 126 Å². The number of pyridine rings is 1. The molecule has 2 rings (SSSR count). The van der Waals surface area contributed by atoms with Crippen LogP contribution in [0, 0.1) is 0 Å². The fourth-order valence-corrected chi connectivity index (χ4v) is 2.96. The molecule has 3 N–H and O–H groups in total. The molecule has 120 valence electrons. The van der Waals surface area contributed by atoms with Gasteiger partial charge in [-0.1, -0.05) is 0 Å². The molecule has 0 spiro atoms. The van der Waals surface area contributed by atoms with Crippen LogP contribution in [0.5, 0.6) is 0 Å². The summed E-state index contributed by atoms with van der Waals surface area (Å²) in [6.45, 7) is 0.950. The first-order chi connectivity index (χ1) is 10.4. The third-order valence-corrected chi connectivity index (χ3v) is 4.56. The van der Waals surface area contributed by atoms with Gasteiger partial charge in [-0.2, -0.15) is 0 Å². The molecule has 0 bridgehead atoms. The van der Waals surface area contributed by atoms with E-state index in [0.717, 1.165) is 10.8 Å². The Bertz CT molecular complexity index is 900. The third kappa shape index (κ3) is 3.24. The number of hydrogen-bond donors (Lipinski definition) is 3. The minimum absolute atomic E-state index is 0.0419. The molecule has 2 heterocycles. The maximum absolute atomic E-state index is 12.1. The SMILES string of the molecule is CNCCCNS(=O)(=O)c1cnc2c(c1)c(=O)[nH]c(=O)n2C. The van der Waals surface area contributed by atoms with Gasteiger partial charge in [-0.3, -0.25) is 14.3 Å². The van der Waals surface area contributed by atoms with Gasteiger partial charge in [0.15, 0.2) is 0 Å². The zero-order valence-electron chi connectivity index (χ0n) is 12.2. The fourth-order valence-electron chi connectivity index (χ4n) is 1.92. The molecule has 10 heteroatoms. The first-order valence-electron chi connectivity index (χ1n) is 6.60. The number of fused-ring (bicyclic) bond motifs is 1. The van der Waals surface area contributed by atoms with Gasteiger partial charge >= 0.3 is 5.69 Å². The lowest BCUT2D eigenvalue weighted by molar-refractivity contribution is 0.577. The molecule has 0 unspecified atom stereocenters. The second kappa shape index (κ2) is 6.38. The van der Waals surface area contributed by atoms with Crippen molar-refractivity contribution < 1.29 is 8.42 Å². The molecule has 0 aliphatic heterocycles. The second-order valence-corrected chi connectivity index (χ2v) is 6.48. The maximum Gasteiger partial charge on any atom is 0.329 e. The van der Waals surface area contributed by atoms with Gasteiger partial charge in [0, 0.05) is 19.8 Å². The summed E-state index contributed by atoms with van der Waals surface area (Å²) in [6, 6.07) is 1.21. The average molecular weight is 327 g/mol. The van der Waals surface area contributed by atoms with Crippen LogP contribution in [-0.2, 0) is 17.1 Å². The van der Waals surface area contributed by atoms with Crippen molar-refractivity contribution in [2.45, 2.75) is 11.3 Å². The average Bonchev–Trinajstić information content (AvgIpc) is 2.49. The lowest BCUT2D eigenvalue weighted by Gasteiger charge is -2.08. The minimum Gasteiger partial charge on any atom is -0.320 e. The number of rotatable bonds is 6. The van der Waals surface area contributed by atoms with Gasteiger partial charge in [0.05, 0.1) is 5.39 Å². The number of aromatic nitrogens is 3. The normalized spacial score (nSPS) is 11.9. The Morgan fingerprint density at radius 3 is 2.73 bits per heavy atom. The van der Waals surface area contributed by atoms with Crippen molar-refractivity contribution in [1.29, 1.82) is 0 Å². The quantitative estimate of drug-likeness (QED) is 0.555. The lowest BCUT2D eigenvalue weighted by Crippen LogP contribution is -2.30. The van der Waals surface area contributed by atoms with Crippen molar-refractivity contribution in [2.24, 2.45) is 7.05 Å². The highest BCUT2D eigenvalue weighted by Gasteiger charge is 2.16. The lowest BCUT2D eigenvalue weighted by atomic mass is 10.3. The molecule has 2 aromatic rings. The maximum atomic E-state index is 12.1. The van der Waals surface area contributed by atoms with Crippen molar-refractivity contribution in [3.05, 3.63) is 33.1 Å². The van der Waals surface area contributed by atoms with E-state index in [4.69, 9.17) is 0 Å². The summed E-state index contributed by atoms with van der Waals surface area (Å²) < 4.78 is 27.9. The number of hydrogen-bond acceptors (Lipinski definition) is 6. The molecular formula is C12H17N5O4S. The van der Waals surface area contributed by atoms with Crippen LogP contribution < -0.4 is 21.3 Å². The third-order valence-electron chi connectivity index (χ3n) is 3.13. The van der Waals surface area contributed by atoms with Gasteiger partial charge in [-0.05, 0) is 26.1 Å². The zero-order valence-corrected chi connectivity index (χ0v) is 13.0. The highest BCUT2D eigenvalue weighted by molar-refractivity contribution is 7.89. The zero-order chi connectivity index (χ0) is 16.3. The monoisotopic (exact) mass is 327 g/mol. The number of sulfonamides is 1. The Labute approximate surface area is 126 Å². The standard InChI is InChI=1S/C12H17N5O4S/c1-13-4-3-5-15-22(20,21)8-6-9-10(14-7-8)17(2)12(19)16-11(9)18/h6-7,13,15H,3-5H2,1-2H3,(H,16,18,19). The molecule has 2 aromatic heterocycles. The van der Waals surface area contributed by atoms with Gasteiger partial charge in [-0.15, -0.1) is 0 Å². The number of aromatic amines is 1. The largest absolute Gasteiger partial charge is 0.329 e. The van der Waals surface area contributed by atoms with Gasteiger partial charge in [0.25, 0.3) is 5.56 Å². The van der Waals surface area contributed by atoms with Gasteiger partial charge in [0.2, 0.25) is 10.0 Å². The van der Waals surface area contributed by atoms with E-state index >= 15 is 0 Å². The first-order valence-corrected chi connectivity index (χ1v) is 8.08. The Balaban J connectivity index is 2.41. The van der Waals surface area contributed by atoms with Crippen LogP contribution in [0.4, 0.5) is 0 Å². The van der Waals surface area contributed by atoms with Crippen molar-refractivity contribution in [1.82, 2.24) is 24.6 Å². The Hall–Kier alpha value is -2.04. The first kappa shape index (κ1) is 16.3. The molecule has 0 saturated carbocycles. The molecular weight excluding hydrogens is 310 g/mol. The van der Waals surface area contributed by atoms with Crippen molar-refractivity contribution in [3.8, 4) is 0 Å². The summed E-state index contributed by atoms with van der Waals surface area (Å²) in [4.78, 5) is 29.2. The second-order valence-electron chi connectivity index (χ2n) is 4.72. The molecule has 0 aliphatic carbocycles. The van der Waals surface area contributed by atoms with Crippen LogP contribution in [-0.4, -0.2) is 43.1 Å². The van der Waals surface area contributed by atoms with Crippen LogP contribution in [0.1, 0.15) is 6.42 Å². The highest BCUT2D eigenvalue weighted by atomic mass is 32.2.